The van der Waals surface area contributed by atoms with Gasteiger partial charge in [-0.15, -0.1) is 0 Å². The molecule has 0 amide bonds. The summed E-state index contributed by atoms with van der Waals surface area (Å²) in [5, 5.41) is 8.88. The Morgan fingerprint density at radius 3 is 1.63 bits per heavy atom. The number of allylic oxidation sites excluding steroid dienone is 12. The molecular weight excluding hydrogens is 705 g/mol. The molecule has 54 heavy (non-hydrogen) atoms. The molecule has 0 rings (SSSR count). The van der Waals surface area contributed by atoms with E-state index in [-0.39, 0.29) is 13.0 Å². The number of phosphoric ester groups is 1. The van der Waals surface area contributed by atoms with Crippen molar-refractivity contribution in [2.24, 2.45) is 5.73 Å². The van der Waals surface area contributed by atoms with Crippen molar-refractivity contribution in [2.45, 2.75) is 161 Å². The lowest BCUT2D eigenvalue weighted by atomic mass is 10.1. The predicted octanol–water partition coefficient (Wildman–Crippen LogP) is 11.0. The van der Waals surface area contributed by atoms with Crippen molar-refractivity contribution in [3.05, 3.63) is 72.9 Å². The highest BCUT2D eigenvalue weighted by Crippen LogP contribution is 2.43. The molecular formula is C43H74NO9P. The predicted molar refractivity (Wildman–Crippen MR) is 221 cm³/mol. The molecule has 0 bridgehead atoms. The Bertz CT molecular complexity index is 1130. The molecule has 0 spiro atoms. The molecule has 0 aliphatic heterocycles. The van der Waals surface area contributed by atoms with E-state index in [4.69, 9.17) is 29.4 Å². The van der Waals surface area contributed by atoms with Crippen LogP contribution in [-0.4, -0.2) is 60.5 Å². The second-order valence-electron chi connectivity index (χ2n) is 13.4. The molecule has 0 aliphatic carbocycles. The van der Waals surface area contributed by atoms with E-state index in [1.165, 1.54) is 44.9 Å². The largest absolute Gasteiger partial charge is 0.480 e. The number of carboxylic acids is 1. The van der Waals surface area contributed by atoms with Gasteiger partial charge in [0.1, 0.15) is 12.1 Å². The standard InChI is InChI=1S/C43H74NO9P/c1-3-5-7-9-11-13-15-17-18-19-20-21-22-23-25-27-29-31-33-35-42(45)53-40(38-51-54(48,49)52-39-41(44)43(46)47)37-50-36-34-32-30-28-26-24-16-14-12-10-8-6-4-2/h5,7,11-14,17-18,20-21,23,25,40-41H,3-4,6,8-10,15-16,19,22,24,26-39,44H2,1-2H3,(H,46,47)(H,48,49)/b7-5-,13-11-,14-12-,18-17-,21-20-,25-23-. The number of phosphoric acid groups is 1. The number of unbranched alkanes of at least 4 members (excludes halogenated alkanes) is 12. The van der Waals surface area contributed by atoms with E-state index in [1.54, 1.807) is 0 Å². The Kier molecular flexibility index (Phi) is 36.8. The topological polar surface area (TPSA) is 155 Å². The van der Waals surface area contributed by atoms with Crippen LogP contribution in [-0.2, 0) is 32.7 Å². The van der Waals surface area contributed by atoms with Gasteiger partial charge in [-0.05, 0) is 83.5 Å². The van der Waals surface area contributed by atoms with Gasteiger partial charge >= 0.3 is 19.8 Å². The number of carboxylic acid groups (broad SMARTS) is 1. The van der Waals surface area contributed by atoms with E-state index in [0.29, 0.717) is 13.0 Å². The highest BCUT2D eigenvalue weighted by atomic mass is 31.2. The molecule has 11 heteroatoms. The van der Waals surface area contributed by atoms with Crippen molar-refractivity contribution in [1.82, 2.24) is 0 Å². The lowest BCUT2D eigenvalue weighted by molar-refractivity contribution is -0.154. The van der Waals surface area contributed by atoms with E-state index in [1.807, 2.05) is 0 Å². The zero-order chi connectivity index (χ0) is 39.8. The number of ether oxygens (including phenoxy) is 2. The van der Waals surface area contributed by atoms with Crippen LogP contribution in [0.3, 0.4) is 0 Å². The number of rotatable bonds is 38. The van der Waals surface area contributed by atoms with Gasteiger partial charge < -0.3 is 25.2 Å². The van der Waals surface area contributed by atoms with E-state index in [2.05, 4.69) is 86.8 Å². The maximum absolute atomic E-state index is 12.6. The lowest BCUT2D eigenvalue weighted by Crippen LogP contribution is -2.34. The van der Waals surface area contributed by atoms with Gasteiger partial charge in [-0.1, -0.05) is 132 Å². The van der Waals surface area contributed by atoms with Gasteiger partial charge in [0, 0.05) is 13.0 Å². The average molecular weight is 780 g/mol. The maximum atomic E-state index is 12.6. The molecule has 3 atom stereocenters. The number of esters is 1. The van der Waals surface area contributed by atoms with Crippen molar-refractivity contribution in [3.8, 4) is 0 Å². The first-order chi connectivity index (χ1) is 26.2. The summed E-state index contributed by atoms with van der Waals surface area (Å²) in [7, 11) is -4.63. The third-order valence-corrected chi connectivity index (χ3v) is 9.17. The van der Waals surface area contributed by atoms with Gasteiger partial charge in [-0.3, -0.25) is 18.6 Å². The summed E-state index contributed by atoms with van der Waals surface area (Å²) in [5.41, 5.74) is 5.34. The van der Waals surface area contributed by atoms with Crippen LogP contribution in [0.15, 0.2) is 72.9 Å². The van der Waals surface area contributed by atoms with Crippen LogP contribution in [0.1, 0.15) is 149 Å². The van der Waals surface area contributed by atoms with Gasteiger partial charge in [-0.2, -0.15) is 0 Å². The van der Waals surface area contributed by atoms with Crippen LogP contribution in [0, 0.1) is 0 Å². The fourth-order valence-corrected chi connectivity index (χ4v) is 5.81. The fraction of sp³-hybridized carbons (Fsp3) is 0.674. The van der Waals surface area contributed by atoms with Crippen molar-refractivity contribution in [1.29, 1.82) is 0 Å². The summed E-state index contributed by atoms with van der Waals surface area (Å²) in [6, 6.07) is -1.48. The average Bonchev–Trinajstić information content (AvgIpc) is 3.15. The van der Waals surface area contributed by atoms with Gasteiger partial charge in [0.05, 0.1) is 19.8 Å². The molecule has 0 aliphatic rings. The van der Waals surface area contributed by atoms with Gasteiger partial charge in [-0.25, -0.2) is 4.57 Å². The van der Waals surface area contributed by atoms with Crippen molar-refractivity contribution >= 4 is 19.8 Å². The highest BCUT2D eigenvalue weighted by Gasteiger charge is 2.27. The first kappa shape index (κ1) is 51.4. The molecule has 3 unspecified atom stereocenters. The second kappa shape index (κ2) is 38.7. The van der Waals surface area contributed by atoms with Crippen LogP contribution in [0.25, 0.3) is 0 Å². The summed E-state index contributed by atoms with van der Waals surface area (Å²) in [6.45, 7) is 3.66. The Morgan fingerprint density at radius 1 is 0.611 bits per heavy atom. The Balaban J connectivity index is 4.37. The zero-order valence-electron chi connectivity index (χ0n) is 33.5. The third kappa shape index (κ3) is 37.7. The molecule has 10 nitrogen and oxygen atoms in total. The normalized spacial score (nSPS) is 14.7. The van der Waals surface area contributed by atoms with E-state index < -0.39 is 45.1 Å². The zero-order valence-corrected chi connectivity index (χ0v) is 34.4. The summed E-state index contributed by atoms with van der Waals surface area (Å²) in [6.07, 6.45) is 46.7. The Morgan fingerprint density at radius 2 is 1.07 bits per heavy atom. The van der Waals surface area contributed by atoms with Crippen molar-refractivity contribution in [3.63, 3.8) is 0 Å². The number of carbonyl (C=O) groups excluding carboxylic acids is 1. The summed E-state index contributed by atoms with van der Waals surface area (Å²) >= 11 is 0. The van der Waals surface area contributed by atoms with Crippen molar-refractivity contribution in [2.75, 3.05) is 26.4 Å². The van der Waals surface area contributed by atoms with Gasteiger partial charge in [0.2, 0.25) is 0 Å². The summed E-state index contributed by atoms with van der Waals surface area (Å²) in [5.74, 6) is -1.82. The third-order valence-electron chi connectivity index (χ3n) is 8.22. The van der Waals surface area contributed by atoms with Crippen LogP contribution < -0.4 is 5.73 Å². The molecule has 0 radical (unpaired) electrons. The van der Waals surface area contributed by atoms with Gasteiger partial charge in [0.15, 0.2) is 0 Å². The number of carbonyl (C=O) groups is 2. The Hall–Kier alpha value is -2.59. The van der Waals surface area contributed by atoms with Crippen LogP contribution in [0.5, 0.6) is 0 Å². The molecule has 0 heterocycles. The monoisotopic (exact) mass is 780 g/mol. The van der Waals surface area contributed by atoms with E-state index >= 15 is 0 Å². The van der Waals surface area contributed by atoms with E-state index in [0.717, 1.165) is 77.0 Å². The molecule has 0 saturated carbocycles. The number of hydrogen-bond acceptors (Lipinski definition) is 8. The summed E-state index contributed by atoms with van der Waals surface area (Å²) in [4.78, 5) is 33.5. The number of aliphatic carboxylic acids is 1. The minimum atomic E-state index is -4.63. The summed E-state index contributed by atoms with van der Waals surface area (Å²) < 4.78 is 33.2. The molecule has 0 saturated heterocycles. The first-order valence-corrected chi connectivity index (χ1v) is 22.0. The maximum Gasteiger partial charge on any atom is 0.472 e. The highest BCUT2D eigenvalue weighted by molar-refractivity contribution is 7.47. The lowest BCUT2D eigenvalue weighted by Gasteiger charge is -2.20. The number of nitrogens with two attached hydrogens (primary N) is 1. The quantitative estimate of drug-likeness (QED) is 0.0239. The van der Waals surface area contributed by atoms with Crippen LogP contribution in [0.4, 0.5) is 0 Å². The minimum absolute atomic E-state index is 0.00492. The molecule has 0 aromatic carbocycles. The van der Waals surface area contributed by atoms with Crippen LogP contribution >= 0.6 is 7.82 Å². The van der Waals surface area contributed by atoms with Crippen molar-refractivity contribution < 1.29 is 42.7 Å². The second-order valence-corrected chi connectivity index (χ2v) is 14.8. The first-order valence-electron chi connectivity index (χ1n) is 20.5. The molecule has 0 fully saturated rings. The smallest absolute Gasteiger partial charge is 0.472 e. The Labute approximate surface area is 327 Å². The van der Waals surface area contributed by atoms with Gasteiger partial charge in [0.25, 0.3) is 0 Å². The minimum Gasteiger partial charge on any atom is -0.480 e. The fourth-order valence-electron chi connectivity index (χ4n) is 5.03. The van der Waals surface area contributed by atoms with E-state index in [9.17, 15) is 19.0 Å². The molecule has 310 valence electrons. The molecule has 4 N–H and O–H groups in total. The van der Waals surface area contributed by atoms with Crippen LogP contribution in [0.2, 0.25) is 0 Å². The number of hydrogen-bond donors (Lipinski definition) is 3. The molecule has 0 aromatic rings. The molecule has 0 aromatic heterocycles. The SMILES string of the molecule is CC/C=C\C/C=C\C/C=C\C/C=C\C/C=C\CCCCCC(=O)OC(COCCCCCCCC/C=C\CCCCC)COP(=O)(O)OCC(N)C(=O)O.